The predicted octanol–water partition coefficient (Wildman–Crippen LogP) is 5.97. The highest BCUT2D eigenvalue weighted by Gasteiger charge is 2.24. The molecule has 176 valence electrons. The van der Waals surface area contributed by atoms with Crippen molar-refractivity contribution in [2.24, 2.45) is 0 Å². The van der Waals surface area contributed by atoms with Gasteiger partial charge < -0.3 is 4.42 Å². The molecule has 0 atom stereocenters. The smallest absolute Gasteiger partial charge is 0.293 e. The molecule has 2 heterocycles. The summed E-state index contributed by atoms with van der Waals surface area (Å²) in [6.45, 7) is 1.87. The van der Waals surface area contributed by atoms with Crippen LogP contribution in [-0.2, 0) is 15.6 Å². The lowest BCUT2D eigenvalue weighted by Crippen LogP contribution is -2.10. The number of carbonyl (C=O) groups excluding carboxylic acids is 1. The van der Waals surface area contributed by atoms with E-state index in [4.69, 9.17) is 4.42 Å². The number of thioether (sulfide) groups is 1. The molecule has 0 radical (unpaired) electrons. The van der Waals surface area contributed by atoms with E-state index in [1.807, 2.05) is 25.1 Å². The molecule has 0 unspecified atom stereocenters. The molecular weight excluding hydrogens is 502 g/mol. The van der Waals surface area contributed by atoms with Gasteiger partial charge in [0, 0.05) is 5.75 Å². The standard InChI is InChI=1S/C25H19N3O4S3/c1-16-9-11-19(12-10-16)35(30,31)22-14-13-21(32-22)23(29)26-24-27-28-25(34-24)33-15-18-7-4-6-17-5-2-3-8-20(17)18/h2-14H,15H2,1H3,(H,26,27,29). The fraction of sp³-hybridized carbons (Fsp3) is 0.0800. The van der Waals surface area contributed by atoms with Crippen LogP contribution in [0.4, 0.5) is 5.13 Å². The molecule has 5 rings (SSSR count). The number of rotatable bonds is 7. The number of anilines is 1. The molecule has 10 heteroatoms. The number of hydrogen-bond donors (Lipinski definition) is 1. The molecule has 1 N–H and O–H groups in total. The highest BCUT2D eigenvalue weighted by molar-refractivity contribution is 8.00. The van der Waals surface area contributed by atoms with Crippen molar-refractivity contribution in [3.8, 4) is 0 Å². The molecule has 0 aliphatic rings. The summed E-state index contributed by atoms with van der Waals surface area (Å²) >= 11 is 2.77. The largest absolute Gasteiger partial charge is 0.439 e. The maximum atomic E-state index is 12.8. The highest BCUT2D eigenvalue weighted by Crippen LogP contribution is 2.31. The van der Waals surface area contributed by atoms with Crippen molar-refractivity contribution in [2.45, 2.75) is 27.0 Å². The monoisotopic (exact) mass is 521 g/mol. The number of aromatic nitrogens is 2. The molecule has 0 saturated carbocycles. The van der Waals surface area contributed by atoms with E-state index in [0.717, 1.165) is 5.56 Å². The van der Waals surface area contributed by atoms with E-state index in [-0.39, 0.29) is 15.7 Å². The van der Waals surface area contributed by atoms with Crippen molar-refractivity contribution < 1.29 is 17.6 Å². The summed E-state index contributed by atoms with van der Waals surface area (Å²) in [5.41, 5.74) is 2.13. The number of carbonyl (C=O) groups is 1. The molecule has 35 heavy (non-hydrogen) atoms. The first-order valence-corrected chi connectivity index (χ1v) is 13.8. The van der Waals surface area contributed by atoms with E-state index in [9.17, 15) is 13.2 Å². The molecule has 2 aromatic heterocycles. The van der Waals surface area contributed by atoms with Crippen molar-refractivity contribution in [3.05, 3.63) is 95.7 Å². The first-order valence-electron chi connectivity index (χ1n) is 10.6. The molecule has 0 aliphatic carbocycles. The summed E-state index contributed by atoms with van der Waals surface area (Å²) in [6.07, 6.45) is 0. The van der Waals surface area contributed by atoms with Crippen LogP contribution in [0.5, 0.6) is 0 Å². The topological polar surface area (TPSA) is 102 Å². The molecular formula is C25H19N3O4S3. The first kappa shape index (κ1) is 23.3. The molecule has 0 saturated heterocycles. The third-order valence-corrected chi connectivity index (χ3v) is 8.92. The van der Waals surface area contributed by atoms with Gasteiger partial charge in [-0.2, -0.15) is 0 Å². The Labute approximate surface area is 210 Å². The van der Waals surface area contributed by atoms with Gasteiger partial charge in [-0.25, -0.2) is 8.42 Å². The molecule has 3 aromatic carbocycles. The number of benzene rings is 3. The number of amides is 1. The van der Waals surface area contributed by atoms with Gasteiger partial charge in [-0.1, -0.05) is 83.3 Å². The predicted molar refractivity (Wildman–Crippen MR) is 137 cm³/mol. The highest BCUT2D eigenvalue weighted by atomic mass is 32.2. The van der Waals surface area contributed by atoms with Gasteiger partial charge in [0.2, 0.25) is 20.1 Å². The van der Waals surface area contributed by atoms with Crippen LogP contribution in [0.2, 0.25) is 0 Å². The third kappa shape index (κ3) is 5.00. The van der Waals surface area contributed by atoms with Gasteiger partial charge in [-0.3, -0.25) is 10.1 Å². The third-order valence-electron chi connectivity index (χ3n) is 5.26. The Bertz CT molecular complexity index is 1620. The molecule has 0 spiro atoms. The van der Waals surface area contributed by atoms with Crippen LogP contribution in [0, 0.1) is 6.92 Å². The average Bonchev–Trinajstić information content (AvgIpc) is 3.53. The lowest BCUT2D eigenvalue weighted by Gasteiger charge is -2.04. The van der Waals surface area contributed by atoms with Crippen LogP contribution in [0.3, 0.4) is 0 Å². The van der Waals surface area contributed by atoms with E-state index in [2.05, 4.69) is 39.8 Å². The minimum atomic E-state index is -3.86. The lowest BCUT2D eigenvalue weighted by atomic mass is 10.1. The second-order valence-corrected chi connectivity index (χ2v) is 11.8. The van der Waals surface area contributed by atoms with E-state index in [1.54, 1.807) is 12.1 Å². The van der Waals surface area contributed by atoms with E-state index >= 15 is 0 Å². The van der Waals surface area contributed by atoms with E-state index in [0.29, 0.717) is 15.2 Å². The van der Waals surface area contributed by atoms with Gasteiger partial charge in [0.05, 0.1) is 4.90 Å². The first-order chi connectivity index (χ1) is 16.9. The number of fused-ring (bicyclic) bond motifs is 1. The quantitative estimate of drug-likeness (QED) is 0.208. The summed E-state index contributed by atoms with van der Waals surface area (Å²) in [7, 11) is -3.86. The van der Waals surface area contributed by atoms with Crippen molar-refractivity contribution in [1.82, 2.24) is 10.2 Å². The molecule has 7 nitrogen and oxygen atoms in total. The zero-order chi connectivity index (χ0) is 24.4. The van der Waals surface area contributed by atoms with Crippen molar-refractivity contribution in [1.29, 1.82) is 0 Å². The van der Waals surface area contributed by atoms with E-state index in [1.165, 1.54) is 63.7 Å². The molecule has 0 fully saturated rings. The molecule has 1 amide bonds. The van der Waals surface area contributed by atoms with Crippen LogP contribution in [-0.4, -0.2) is 24.5 Å². The van der Waals surface area contributed by atoms with Crippen LogP contribution < -0.4 is 5.32 Å². The Morgan fingerprint density at radius 3 is 2.57 bits per heavy atom. The SMILES string of the molecule is Cc1ccc(S(=O)(=O)c2ccc(C(=O)Nc3nnc(SCc4cccc5ccccc45)s3)o2)cc1. The molecule has 5 aromatic rings. The van der Waals surface area contributed by atoms with Crippen LogP contribution in [0.15, 0.2) is 97.6 Å². The molecule has 0 aliphatic heterocycles. The van der Waals surface area contributed by atoms with Gasteiger partial charge in [-0.15, -0.1) is 10.2 Å². The maximum absolute atomic E-state index is 12.8. The van der Waals surface area contributed by atoms with Crippen LogP contribution in [0.1, 0.15) is 21.7 Å². The number of furan rings is 1. The van der Waals surface area contributed by atoms with Crippen LogP contribution >= 0.6 is 23.1 Å². The Balaban J connectivity index is 1.25. The molecule has 0 bridgehead atoms. The summed E-state index contributed by atoms with van der Waals surface area (Å²) < 4.78 is 31.6. The van der Waals surface area contributed by atoms with Crippen LogP contribution in [0.25, 0.3) is 10.8 Å². The van der Waals surface area contributed by atoms with Gasteiger partial charge in [-0.05, 0) is 47.5 Å². The van der Waals surface area contributed by atoms with Gasteiger partial charge in [0.15, 0.2) is 10.1 Å². The number of nitrogens with one attached hydrogen (secondary N) is 1. The Morgan fingerprint density at radius 2 is 1.74 bits per heavy atom. The summed E-state index contributed by atoms with van der Waals surface area (Å²) in [5.74, 6) is -0.0181. The van der Waals surface area contributed by atoms with Crippen molar-refractivity contribution in [3.63, 3.8) is 0 Å². The second-order valence-electron chi connectivity index (χ2n) is 7.69. The summed E-state index contributed by atoms with van der Waals surface area (Å²) in [6, 6.07) is 23.4. The summed E-state index contributed by atoms with van der Waals surface area (Å²) in [4.78, 5) is 12.7. The Kier molecular flexibility index (Phi) is 6.42. The normalized spacial score (nSPS) is 11.6. The number of sulfone groups is 1. The Morgan fingerprint density at radius 1 is 0.971 bits per heavy atom. The minimum absolute atomic E-state index is 0.0985. The fourth-order valence-electron chi connectivity index (χ4n) is 3.46. The zero-order valence-electron chi connectivity index (χ0n) is 18.5. The van der Waals surface area contributed by atoms with Gasteiger partial charge >= 0.3 is 0 Å². The summed E-state index contributed by atoms with van der Waals surface area (Å²) in [5, 5.41) is 13.2. The van der Waals surface area contributed by atoms with Crippen molar-refractivity contribution >= 4 is 54.7 Å². The zero-order valence-corrected chi connectivity index (χ0v) is 20.9. The van der Waals surface area contributed by atoms with E-state index < -0.39 is 15.7 Å². The minimum Gasteiger partial charge on any atom is -0.439 e. The number of nitrogens with zero attached hydrogens (tertiary/aromatic N) is 2. The Hall–Kier alpha value is -3.47. The average molecular weight is 522 g/mol. The number of hydrogen-bond acceptors (Lipinski definition) is 8. The van der Waals surface area contributed by atoms with Crippen molar-refractivity contribution in [2.75, 3.05) is 5.32 Å². The second kappa shape index (κ2) is 9.65. The maximum Gasteiger partial charge on any atom is 0.293 e. The number of aryl methyl sites for hydroxylation is 1. The van der Waals surface area contributed by atoms with Gasteiger partial charge in [0.25, 0.3) is 5.91 Å². The van der Waals surface area contributed by atoms with Gasteiger partial charge in [0.1, 0.15) is 0 Å². The fourth-order valence-corrected chi connectivity index (χ4v) is 6.38. The lowest BCUT2D eigenvalue weighted by molar-refractivity contribution is 0.0991.